The fourth-order valence-electron chi connectivity index (χ4n) is 2.88. The first-order valence-electron chi connectivity index (χ1n) is 5.78. The van der Waals surface area contributed by atoms with Crippen molar-refractivity contribution >= 4 is 5.97 Å². The third-order valence-corrected chi connectivity index (χ3v) is 3.63. The third-order valence-electron chi connectivity index (χ3n) is 3.63. The second-order valence-electron chi connectivity index (χ2n) is 4.63. The summed E-state index contributed by atoms with van der Waals surface area (Å²) in [5.74, 6) is 0.231. The minimum atomic E-state index is -0.892. The van der Waals surface area contributed by atoms with Crippen LogP contribution in [0.15, 0.2) is 18.2 Å². The molecule has 0 aromatic heterocycles. The molecule has 16 heavy (non-hydrogen) atoms. The summed E-state index contributed by atoms with van der Waals surface area (Å²) < 4.78 is 5.81. The van der Waals surface area contributed by atoms with E-state index in [-0.39, 0.29) is 6.10 Å². The van der Waals surface area contributed by atoms with Gasteiger partial charge in [-0.05, 0) is 43.2 Å². The number of hydrogen-bond acceptors (Lipinski definition) is 2. The normalized spacial score (nSPS) is 26.8. The van der Waals surface area contributed by atoms with Crippen LogP contribution >= 0.6 is 0 Å². The van der Waals surface area contributed by atoms with E-state index in [4.69, 9.17) is 9.84 Å². The van der Waals surface area contributed by atoms with Crippen LogP contribution in [0.1, 0.15) is 47.5 Å². The highest BCUT2D eigenvalue weighted by molar-refractivity contribution is 5.91. The van der Waals surface area contributed by atoms with Gasteiger partial charge in [0, 0.05) is 0 Å². The smallest absolute Gasteiger partial charge is 0.339 e. The van der Waals surface area contributed by atoms with Crippen LogP contribution in [0.2, 0.25) is 0 Å². The Bertz CT molecular complexity index is 439. The Labute approximate surface area is 94.0 Å². The van der Waals surface area contributed by atoms with Crippen molar-refractivity contribution in [2.75, 3.05) is 0 Å². The molecule has 0 saturated heterocycles. The van der Waals surface area contributed by atoms with Crippen molar-refractivity contribution in [3.63, 3.8) is 0 Å². The average molecular weight is 218 g/mol. The van der Waals surface area contributed by atoms with E-state index < -0.39 is 5.97 Å². The standard InChI is InChI=1S/C13H14O3/c14-13(15)11-6-2-5-10-8-3-1-4-9(7-8)16-12(10)11/h2,5-6,8-9H,1,3-4,7H2,(H,14,15). The molecule has 0 radical (unpaired) electrons. The van der Waals surface area contributed by atoms with Crippen LogP contribution < -0.4 is 4.74 Å². The van der Waals surface area contributed by atoms with Crippen molar-refractivity contribution in [2.24, 2.45) is 0 Å². The van der Waals surface area contributed by atoms with Crippen molar-refractivity contribution in [1.82, 2.24) is 0 Å². The molecule has 84 valence electrons. The first-order chi connectivity index (χ1) is 7.75. The highest BCUT2D eigenvalue weighted by Crippen LogP contribution is 2.45. The second kappa shape index (κ2) is 3.51. The lowest BCUT2D eigenvalue weighted by atomic mass is 9.79. The summed E-state index contributed by atoms with van der Waals surface area (Å²) in [7, 11) is 0. The van der Waals surface area contributed by atoms with E-state index >= 15 is 0 Å². The van der Waals surface area contributed by atoms with Crippen molar-refractivity contribution in [2.45, 2.75) is 37.7 Å². The predicted octanol–water partition coefficient (Wildman–Crippen LogP) is 2.80. The van der Waals surface area contributed by atoms with Gasteiger partial charge in [0.2, 0.25) is 0 Å². The molecule has 1 fully saturated rings. The number of aromatic carboxylic acids is 1. The van der Waals surface area contributed by atoms with E-state index in [0.29, 0.717) is 17.2 Å². The molecular formula is C13H14O3. The van der Waals surface area contributed by atoms with E-state index in [1.165, 1.54) is 6.42 Å². The molecule has 3 rings (SSSR count). The zero-order valence-electron chi connectivity index (χ0n) is 8.98. The molecule has 0 amide bonds. The van der Waals surface area contributed by atoms with Gasteiger partial charge in [-0.25, -0.2) is 4.79 Å². The van der Waals surface area contributed by atoms with E-state index in [9.17, 15) is 4.79 Å². The molecule has 1 aromatic carbocycles. The van der Waals surface area contributed by atoms with Gasteiger partial charge in [-0.15, -0.1) is 0 Å². The Kier molecular flexibility index (Phi) is 2.13. The van der Waals surface area contributed by atoms with E-state index in [1.807, 2.05) is 12.1 Å². The monoisotopic (exact) mass is 218 g/mol. The maximum atomic E-state index is 11.1. The zero-order valence-corrected chi connectivity index (χ0v) is 8.98. The summed E-state index contributed by atoms with van der Waals surface area (Å²) in [5, 5.41) is 9.12. The number of fused-ring (bicyclic) bond motifs is 4. The minimum absolute atomic E-state index is 0.228. The molecule has 1 N–H and O–H groups in total. The van der Waals surface area contributed by atoms with Crippen LogP contribution in [-0.4, -0.2) is 17.2 Å². The van der Waals surface area contributed by atoms with Gasteiger partial charge in [-0.2, -0.15) is 0 Å². The van der Waals surface area contributed by atoms with Gasteiger partial charge >= 0.3 is 5.97 Å². The first kappa shape index (κ1) is 9.70. The second-order valence-corrected chi connectivity index (χ2v) is 4.63. The molecule has 3 nitrogen and oxygen atoms in total. The van der Waals surface area contributed by atoms with Gasteiger partial charge in [0.05, 0.1) is 6.10 Å². The molecule has 1 aromatic rings. The van der Waals surface area contributed by atoms with Crippen LogP contribution in [0.4, 0.5) is 0 Å². The fourth-order valence-corrected chi connectivity index (χ4v) is 2.88. The molecule has 2 bridgehead atoms. The summed E-state index contributed by atoms with van der Waals surface area (Å²) in [6.45, 7) is 0. The molecule has 1 heterocycles. The van der Waals surface area contributed by atoms with E-state index in [0.717, 1.165) is 24.8 Å². The molecule has 2 aliphatic rings. The van der Waals surface area contributed by atoms with Crippen LogP contribution in [-0.2, 0) is 0 Å². The molecule has 2 unspecified atom stereocenters. The summed E-state index contributed by atoms with van der Waals surface area (Å²) >= 11 is 0. The first-order valence-corrected chi connectivity index (χ1v) is 5.78. The topological polar surface area (TPSA) is 46.5 Å². The number of benzene rings is 1. The number of carboxylic acids is 1. The van der Waals surface area contributed by atoms with Crippen LogP contribution in [0.5, 0.6) is 5.75 Å². The van der Waals surface area contributed by atoms with Gasteiger partial charge in [0.15, 0.2) is 0 Å². The molecule has 1 aliphatic heterocycles. The average Bonchev–Trinajstić information content (AvgIpc) is 2.28. The maximum absolute atomic E-state index is 11.1. The SMILES string of the molecule is O=C(O)c1cccc2c1OC1CCCC2C1. The summed E-state index contributed by atoms with van der Waals surface area (Å²) in [6.07, 6.45) is 4.69. The van der Waals surface area contributed by atoms with Gasteiger partial charge in [0.1, 0.15) is 11.3 Å². The summed E-state index contributed by atoms with van der Waals surface area (Å²) in [5.41, 5.74) is 1.41. The lowest BCUT2D eigenvalue weighted by Gasteiger charge is -2.36. The van der Waals surface area contributed by atoms with Crippen molar-refractivity contribution < 1.29 is 14.6 Å². The number of carboxylic acid groups (broad SMARTS) is 1. The number of hydrogen-bond donors (Lipinski definition) is 1. The number of rotatable bonds is 1. The van der Waals surface area contributed by atoms with Crippen molar-refractivity contribution in [1.29, 1.82) is 0 Å². The minimum Gasteiger partial charge on any atom is -0.489 e. The number of ether oxygens (including phenoxy) is 1. The quantitative estimate of drug-likeness (QED) is 0.788. The van der Waals surface area contributed by atoms with E-state index in [1.54, 1.807) is 6.07 Å². The molecule has 1 saturated carbocycles. The highest BCUT2D eigenvalue weighted by Gasteiger charge is 2.33. The van der Waals surface area contributed by atoms with Crippen molar-refractivity contribution in [3.8, 4) is 5.75 Å². The Morgan fingerprint density at radius 1 is 1.38 bits per heavy atom. The van der Waals surface area contributed by atoms with Gasteiger partial charge in [-0.1, -0.05) is 12.1 Å². The third kappa shape index (κ3) is 1.39. The van der Waals surface area contributed by atoms with Gasteiger partial charge in [0.25, 0.3) is 0 Å². The zero-order chi connectivity index (χ0) is 11.1. The number of para-hydroxylation sites is 1. The molecular weight excluding hydrogens is 204 g/mol. The lowest BCUT2D eigenvalue weighted by Crippen LogP contribution is -2.30. The fraction of sp³-hybridized carbons (Fsp3) is 0.462. The lowest BCUT2D eigenvalue weighted by molar-refractivity contribution is 0.0676. The molecule has 0 spiro atoms. The van der Waals surface area contributed by atoms with Gasteiger partial charge < -0.3 is 9.84 Å². The van der Waals surface area contributed by atoms with E-state index in [2.05, 4.69) is 0 Å². The predicted molar refractivity (Wildman–Crippen MR) is 59.0 cm³/mol. The maximum Gasteiger partial charge on any atom is 0.339 e. The Morgan fingerprint density at radius 3 is 3.06 bits per heavy atom. The summed E-state index contributed by atoms with van der Waals surface area (Å²) in [4.78, 5) is 11.1. The van der Waals surface area contributed by atoms with Crippen LogP contribution in [0.25, 0.3) is 0 Å². The molecule has 1 aliphatic carbocycles. The Morgan fingerprint density at radius 2 is 2.25 bits per heavy atom. The molecule has 3 heteroatoms. The highest BCUT2D eigenvalue weighted by atomic mass is 16.5. The Hall–Kier alpha value is -1.51. The van der Waals surface area contributed by atoms with Crippen LogP contribution in [0.3, 0.4) is 0 Å². The van der Waals surface area contributed by atoms with Crippen LogP contribution in [0, 0.1) is 0 Å². The van der Waals surface area contributed by atoms with Crippen molar-refractivity contribution in [3.05, 3.63) is 29.3 Å². The largest absolute Gasteiger partial charge is 0.489 e. The van der Waals surface area contributed by atoms with Gasteiger partial charge in [-0.3, -0.25) is 0 Å². The summed E-state index contributed by atoms with van der Waals surface area (Å²) in [6, 6.07) is 5.46. The Balaban J connectivity index is 2.12. The molecule has 2 atom stereocenters. The number of carbonyl (C=O) groups is 1.